The van der Waals surface area contributed by atoms with Crippen molar-refractivity contribution >= 4 is 34.2 Å². The lowest BCUT2D eigenvalue weighted by Crippen LogP contribution is -2.51. The van der Waals surface area contributed by atoms with Gasteiger partial charge in [-0.05, 0) is 73.6 Å². The first-order chi connectivity index (χ1) is 18.1. The molecule has 2 saturated carbocycles. The molecule has 37 heavy (non-hydrogen) atoms. The monoisotopic (exact) mass is 499 g/mol. The second-order valence-corrected chi connectivity index (χ2v) is 10.5. The van der Waals surface area contributed by atoms with Crippen molar-refractivity contribution in [3.05, 3.63) is 54.6 Å². The van der Waals surface area contributed by atoms with Gasteiger partial charge in [0.15, 0.2) is 5.82 Å². The summed E-state index contributed by atoms with van der Waals surface area (Å²) in [5.41, 5.74) is 8.83. The minimum absolute atomic E-state index is 0.150. The molecule has 1 aliphatic heterocycles. The van der Waals surface area contributed by atoms with Gasteiger partial charge in [0.1, 0.15) is 12.1 Å². The van der Waals surface area contributed by atoms with Crippen LogP contribution in [0.5, 0.6) is 0 Å². The van der Waals surface area contributed by atoms with Crippen LogP contribution < -0.4 is 16.0 Å². The number of rotatable bonds is 5. The Morgan fingerprint density at radius 3 is 2.54 bits per heavy atom. The van der Waals surface area contributed by atoms with E-state index in [1.807, 2.05) is 12.1 Å². The van der Waals surface area contributed by atoms with Crippen LogP contribution in [0.25, 0.3) is 16.7 Å². The molecule has 2 bridgehead atoms. The molecule has 9 nitrogen and oxygen atoms in total. The van der Waals surface area contributed by atoms with Gasteiger partial charge in [-0.2, -0.15) is 9.67 Å². The molecule has 3 N–H and O–H groups in total. The topological polar surface area (TPSA) is 101 Å². The smallest absolute Gasteiger partial charge is 0.248 e. The summed E-state index contributed by atoms with van der Waals surface area (Å²) in [5.74, 6) is 2.43. The van der Waals surface area contributed by atoms with E-state index in [9.17, 15) is 4.39 Å². The number of nitrogens with two attached hydrogens (primary N) is 1. The Bertz CT molecular complexity index is 1430. The van der Waals surface area contributed by atoms with E-state index in [1.165, 1.54) is 54.5 Å². The number of benzene rings is 2. The van der Waals surface area contributed by atoms with Crippen LogP contribution in [0.1, 0.15) is 25.7 Å². The number of hydrogen-bond donors (Lipinski definition) is 2. The average Bonchev–Trinajstić information content (AvgIpc) is 3.65. The van der Waals surface area contributed by atoms with Gasteiger partial charge in [0.2, 0.25) is 11.9 Å². The molecule has 3 unspecified atom stereocenters. The highest BCUT2D eigenvalue weighted by atomic mass is 19.1. The molecule has 10 heteroatoms. The SMILES string of the molecule is Nc1nc(Nc2ccc(N3CCN(C4CC5CCC4C5)CC3)cc2)nn1-c1ncnc2ccc(F)cc12. The van der Waals surface area contributed by atoms with E-state index in [4.69, 9.17) is 5.73 Å². The Hall–Kier alpha value is -3.79. The normalized spacial score (nSPS) is 23.7. The molecule has 0 amide bonds. The summed E-state index contributed by atoms with van der Waals surface area (Å²) in [7, 11) is 0. The molecule has 190 valence electrons. The molecule has 0 radical (unpaired) electrons. The Morgan fingerprint density at radius 1 is 0.946 bits per heavy atom. The second kappa shape index (κ2) is 8.95. The molecule has 1 saturated heterocycles. The van der Waals surface area contributed by atoms with Crippen molar-refractivity contribution in [1.29, 1.82) is 0 Å². The minimum Gasteiger partial charge on any atom is -0.369 e. The molecule has 4 aromatic rings. The van der Waals surface area contributed by atoms with Crippen molar-refractivity contribution in [3.8, 4) is 5.82 Å². The van der Waals surface area contributed by atoms with E-state index in [-0.39, 0.29) is 11.8 Å². The van der Waals surface area contributed by atoms with Crippen LogP contribution in [-0.2, 0) is 0 Å². The molecule has 3 aliphatic rings. The number of nitrogen functional groups attached to an aromatic ring is 1. The van der Waals surface area contributed by atoms with E-state index < -0.39 is 0 Å². The summed E-state index contributed by atoms with van der Waals surface area (Å²) in [4.78, 5) is 18.0. The number of halogens is 1. The van der Waals surface area contributed by atoms with Gasteiger partial charge >= 0.3 is 0 Å². The maximum Gasteiger partial charge on any atom is 0.248 e. The predicted molar refractivity (Wildman–Crippen MR) is 142 cm³/mol. The van der Waals surface area contributed by atoms with Gasteiger partial charge in [-0.15, -0.1) is 5.10 Å². The van der Waals surface area contributed by atoms with E-state index in [1.54, 1.807) is 6.07 Å². The zero-order chi connectivity index (χ0) is 24.9. The third-order valence-electron chi connectivity index (χ3n) is 8.38. The largest absolute Gasteiger partial charge is 0.369 e. The highest BCUT2D eigenvalue weighted by molar-refractivity contribution is 5.85. The molecular formula is C27H30FN9. The van der Waals surface area contributed by atoms with Crippen molar-refractivity contribution in [2.24, 2.45) is 11.8 Å². The van der Waals surface area contributed by atoms with E-state index in [0.29, 0.717) is 22.7 Å². The molecule has 0 spiro atoms. The summed E-state index contributed by atoms with van der Waals surface area (Å²) in [6, 6.07) is 13.5. The fourth-order valence-corrected chi connectivity index (χ4v) is 6.57. The predicted octanol–water partition coefficient (Wildman–Crippen LogP) is 3.99. The number of hydrogen-bond acceptors (Lipinski definition) is 8. The standard InChI is InChI=1S/C27H30FN9/c28-19-3-8-23-22(15-19)25(31-16-30-23)37-26(29)33-27(34-37)32-20-4-6-21(7-5-20)35-9-11-36(12-10-35)24-14-17-1-2-18(24)13-17/h3-8,15-18,24H,1-2,9-14H2,(H3,29,32,33,34). The van der Waals surface area contributed by atoms with Crippen molar-refractivity contribution in [2.75, 3.05) is 42.1 Å². The number of nitrogens with one attached hydrogen (secondary N) is 1. The van der Waals surface area contributed by atoms with Gasteiger partial charge in [0.05, 0.1) is 5.52 Å². The van der Waals surface area contributed by atoms with Crippen LogP contribution in [0.3, 0.4) is 0 Å². The van der Waals surface area contributed by atoms with Crippen LogP contribution in [0.2, 0.25) is 0 Å². The zero-order valence-corrected chi connectivity index (χ0v) is 20.6. The molecule has 3 fully saturated rings. The Balaban J connectivity index is 1.02. The van der Waals surface area contributed by atoms with Gasteiger partial charge in [0, 0.05) is 49.0 Å². The van der Waals surface area contributed by atoms with E-state index in [0.717, 1.165) is 49.7 Å². The quantitative estimate of drug-likeness (QED) is 0.425. The maximum absolute atomic E-state index is 13.9. The summed E-state index contributed by atoms with van der Waals surface area (Å²) < 4.78 is 15.3. The highest BCUT2D eigenvalue weighted by Crippen LogP contribution is 2.46. The van der Waals surface area contributed by atoms with E-state index in [2.05, 4.69) is 47.3 Å². The first kappa shape index (κ1) is 22.4. The number of aromatic nitrogens is 5. The van der Waals surface area contributed by atoms with E-state index >= 15 is 0 Å². The Morgan fingerprint density at radius 2 is 1.78 bits per heavy atom. The number of piperazine rings is 1. The van der Waals surface area contributed by atoms with Crippen molar-refractivity contribution in [1.82, 2.24) is 29.6 Å². The van der Waals surface area contributed by atoms with Crippen LogP contribution in [0, 0.1) is 17.7 Å². The fraction of sp³-hybridized carbons (Fsp3) is 0.407. The summed E-state index contributed by atoms with van der Waals surface area (Å²) in [5, 5.41) is 8.20. The summed E-state index contributed by atoms with van der Waals surface area (Å²) >= 11 is 0. The average molecular weight is 500 g/mol. The lowest BCUT2D eigenvalue weighted by atomic mass is 9.93. The third-order valence-corrected chi connectivity index (χ3v) is 8.38. The Kier molecular flexibility index (Phi) is 5.42. The number of nitrogens with zero attached hydrogens (tertiary/aromatic N) is 7. The zero-order valence-electron chi connectivity index (χ0n) is 20.6. The molecular weight excluding hydrogens is 469 g/mol. The highest BCUT2D eigenvalue weighted by Gasteiger charge is 2.42. The van der Waals surface area contributed by atoms with Crippen molar-refractivity contribution in [2.45, 2.75) is 31.7 Å². The third kappa shape index (κ3) is 4.15. The van der Waals surface area contributed by atoms with Crippen LogP contribution in [0.15, 0.2) is 48.8 Å². The van der Waals surface area contributed by atoms with Gasteiger partial charge in [0.25, 0.3) is 0 Å². The number of fused-ring (bicyclic) bond motifs is 3. The van der Waals surface area contributed by atoms with Gasteiger partial charge in [-0.25, -0.2) is 14.4 Å². The minimum atomic E-state index is -0.382. The first-order valence-corrected chi connectivity index (χ1v) is 13.1. The van der Waals surface area contributed by atoms with Gasteiger partial charge < -0.3 is 16.0 Å². The van der Waals surface area contributed by atoms with Crippen LogP contribution in [0.4, 0.5) is 27.7 Å². The first-order valence-electron chi connectivity index (χ1n) is 13.1. The second-order valence-electron chi connectivity index (χ2n) is 10.5. The molecule has 2 aromatic heterocycles. The maximum atomic E-state index is 13.9. The van der Waals surface area contributed by atoms with Gasteiger partial charge in [-0.3, -0.25) is 4.90 Å². The summed E-state index contributed by atoms with van der Waals surface area (Å²) in [6.45, 7) is 4.43. The molecule has 2 aromatic carbocycles. The van der Waals surface area contributed by atoms with Crippen molar-refractivity contribution < 1.29 is 4.39 Å². The molecule has 7 rings (SSSR count). The fourth-order valence-electron chi connectivity index (χ4n) is 6.57. The number of anilines is 4. The molecule has 3 heterocycles. The lowest BCUT2D eigenvalue weighted by molar-refractivity contribution is 0.135. The molecule has 3 atom stereocenters. The Labute approximate surface area is 214 Å². The summed E-state index contributed by atoms with van der Waals surface area (Å²) in [6.07, 6.45) is 7.19. The van der Waals surface area contributed by atoms with Crippen LogP contribution >= 0.6 is 0 Å². The lowest BCUT2D eigenvalue weighted by Gasteiger charge is -2.41. The van der Waals surface area contributed by atoms with Crippen molar-refractivity contribution in [3.63, 3.8) is 0 Å². The van der Waals surface area contributed by atoms with Gasteiger partial charge in [-0.1, -0.05) is 6.42 Å². The molecule has 2 aliphatic carbocycles. The van der Waals surface area contributed by atoms with Crippen LogP contribution in [-0.4, -0.2) is 61.9 Å².